The first-order chi connectivity index (χ1) is 12.0. The van der Waals surface area contributed by atoms with Crippen LogP contribution in [0.3, 0.4) is 0 Å². The normalized spacial score (nSPS) is 13.2. The maximum atomic E-state index is 7.75. The minimum absolute atomic E-state index is 0.513. The van der Waals surface area contributed by atoms with Gasteiger partial charge >= 0.3 is 0 Å². The fraction of sp³-hybridized carbons (Fsp3) is 0.136. The van der Waals surface area contributed by atoms with Crippen LogP contribution in [0.2, 0.25) is 0 Å². The monoisotopic (exact) mass is 329 g/mol. The third-order valence-corrected chi connectivity index (χ3v) is 4.34. The van der Waals surface area contributed by atoms with Gasteiger partial charge in [-0.05, 0) is 71.2 Å². The Bertz CT molecular complexity index is 879. The van der Waals surface area contributed by atoms with Crippen LogP contribution in [0.1, 0.15) is 16.7 Å². The molecule has 25 heavy (non-hydrogen) atoms. The summed E-state index contributed by atoms with van der Waals surface area (Å²) in [5.74, 6) is 0. The second-order valence-corrected chi connectivity index (χ2v) is 6.47. The molecule has 1 aliphatic rings. The molecule has 1 aliphatic carbocycles. The third kappa shape index (κ3) is 3.56. The first-order valence-corrected chi connectivity index (χ1v) is 8.29. The van der Waals surface area contributed by atoms with Crippen molar-refractivity contribution in [3.8, 4) is 0 Å². The summed E-state index contributed by atoms with van der Waals surface area (Å²) in [6, 6.07) is 14.5. The molecule has 0 amide bonds. The standard InChI is InChI=1S/C22H23N3/c1-15-14-18(8-13-21(15)25(2)3)22(16-4-9-19(23)10-5-16)17-6-11-20(24)12-7-17/h4-14,23H,24H2,1-3H3. The Balaban J connectivity index is 2.19. The van der Waals surface area contributed by atoms with Crippen molar-refractivity contribution >= 4 is 22.7 Å². The van der Waals surface area contributed by atoms with Crippen LogP contribution < -0.4 is 10.6 Å². The van der Waals surface area contributed by atoms with Gasteiger partial charge in [-0.2, -0.15) is 0 Å². The number of rotatable bonds is 3. The van der Waals surface area contributed by atoms with E-state index in [0.29, 0.717) is 5.71 Å². The summed E-state index contributed by atoms with van der Waals surface area (Å²) in [4.78, 5) is 2.12. The first-order valence-electron chi connectivity index (χ1n) is 8.29. The fourth-order valence-corrected chi connectivity index (χ4v) is 3.10. The molecule has 0 saturated heterocycles. The molecule has 0 unspecified atom stereocenters. The van der Waals surface area contributed by atoms with Crippen molar-refractivity contribution < 1.29 is 0 Å². The summed E-state index contributed by atoms with van der Waals surface area (Å²) < 4.78 is 0. The van der Waals surface area contributed by atoms with E-state index in [1.54, 1.807) is 0 Å². The number of nitrogens with one attached hydrogen (secondary N) is 1. The van der Waals surface area contributed by atoms with Gasteiger partial charge in [0.1, 0.15) is 0 Å². The number of hydrogen-bond acceptors (Lipinski definition) is 3. The quantitative estimate of drug-likeness (QED) is 0.809. The molecule has 0 spiro atoms. The second-order valence-electron chi connectivity index (χ2n) is 6.47. The highest BCUT2D eigenvalue weighted by Gasteiger charge is 2.12. The maximum Gasteiger partial charge on any atom is 0.0540 e. The van der Waals surface area contributed by atoms with Gasteiger partial charge in [-0.25, -0.2) is 0 Å². The lowest BCUT2D eigenvalue weighted by Crippen LogP contribution is -2.10. The lowest BCUT2D eigenvalue weighted by atomic mass is 9.89. The van der Waals surface area contributed by atoms with E-state index in [1.165, 1.54) is 11.3 Å². The smallest absolute Gasteiger partial charge is 0.0540 e. The highest BCUT2D eigenvalue weighted by molar-refractivity contribution is 6.05. The number of aryl methyl sites for hydroxylation is 1. The van der Waals surface area contributed by atoms with Crippen LogP contribution in [0.5, 0.6) is 0 Å². The fourth-order valence-electron chi connectivity index (χ4n) is 3.10. The van der Waals surface area contributed by atoms with Crippen LogP contribution in [0.4, 0.5) is 11.4 Å². The third-order valence-electron chi connectivity index (χ3n) is 4.34. The topological polar surface area (TPSA) is 53.1 Å². The Kier molecular flexibility index (Phi) is 4.57. The summed E-state index contributed by atoms with van der Waals surface area (Å²) in [5.41, 5.74) is 14.1. The zero-order valence-electron chi connectivity index (χ0n) is 14.9. The molecule has 126 valence electrons. The number of hydrogen-bond donors (Lipinski definition) is 2. The number of benzene rings is 2. The molecule has 3 nitrogen and oxygen atoms in total. The largest absolute Gasteiger partial charge is 0.399 e. The van der Waals surface area contributed by atoms with Gasteiger partial charge in [-0.1, -0.05) is 30.4 Å². The SMILES string of the molecule is Cc1cc(C(=C2C=CC(=N)C=C2)c2ccc(N)cc2)ccc1N(C)C. The molecule has 0 atom stereocenters. The van der Waals surface area contributed by atoms with Gasteiger partial charge in [0, 0.05) is 25.5 Å². The molecule has 2 aromatic rings. The van der Waals surface area contributed by atoms with Crippen molar-refractivity contribution in [2.45, 2.75) is 6.92 Å². The van der Waals surface area contributed by atoms with Gasteiger partial charge < -0.3 is 16.0 Å². The number of nitrogens with zero attached hydrogens (tertiary/aromatic N) is 1. The van der Waals surface area contributed by atoms with Crippen LogP contribution in [-0.2, 0) is 0 Å². The highest BCUT2D eigenvalue weighted by Crippen LogP contribution is 2.32. The Morgan fingerprint density at radius 1 is 0.880 bits per heavy atom. The van der Waals surface area contributed by atoms with E-state index in [9.17, 15) is 0 Å². The van der Waals surface area contributed by atoms with Crippen molar-refractivity contribution in [3.05, 3.63) is 89.0 Å². The van der Waals surface area contributed by atoms with Crippen LogP contribution >= 0.6 is 0 Å². The van der Waals surface area contributed by atoms with Gasteiger partial charge in [0.2, 0.25) is 0 Å². The molecule has 3 rings (SSSR count). The molecular formula is C22H23N3. The van der Waals surface area contributed by atoms with Crippen LogP contribution in [0.15, 0.2) is 72.3 Å². The average molecular weight is 329 g/mol. The maximum absolute atomic E-state index is 7.75. The van der Waals surface area contributed by atoms with Crippen molar-refractivity contribution in [2.24, 2.45) is 0 Å². The number of allylic oxidation sites excluding steroid dienone is 5. The van der Waals surface area contributed by atoms with E-state index in [1.807, 2.05) is 36.4 Å². The Hall–Kier alpha value is -3.07. The van der Waals surface area contributed by atoms with Gasteiger partial charge in [0.25, 0.3) is 0 Å². The molecule has 2 aromatic carbocycles. The summed E-state index contributed by atoms with van der Waals surface area (Å²) >= 11 is 0. The number of anilines is 2. The number of nitrogens with two attached hydrogens (primary N) is 1. The van der Waals surface area contributed by atoms with Crippen molar-refractivity contribution in [2.75, 3.05) is 24.7 Å². The predicted molar refractivity (Wildman–Crippen MR) is 108 cm³/mol. The lowest BCUT2D eigenvalue weighted by molar-refractivity contribution is 1.11. The summed E-state index contributed by atoms with van der Waals surface area (Å²) in [6.07, 6.45) is 7.66. The summed E-state index contributed by atoms with van der Waals surface area (Å²) in [7, 11) is 4.11. The van der Waals surface area contributed by atoms with Gasteiger partial charge in [0.15, 0.2) is 0 Å². The van der Waals surface area contributed by atoms with E-state index in [2.05, 4.69) is 56.3 Å². The average Bonchev–Trinajstić information content (AvgIpc) is 2.58. The Morgan fingerprint density at radius 3 is 2.04 bits per heavy atom. The summed E-state index contributed by atoms with van der Waals surface area (Å²) in [5, 5.41) is 7.75. The molecule has 0 aliphatic heterocycles. The van der Waals surface area contributed by atoms with Crippen LogP contribution in [0.25, 0.3) is 5.57 Å². The Morgan fingerprint density at radius 2 is 1.48 bits per heavy atom. The van der Waals surface area contributed by atoms with Gasteiger partial charge in [0.05, 0.1) is 5.71 Å². The molecule has 0 aromatic heterocycles. The van der Waals surface area contributed by atoms with Crippen molar-refractivity contribution in [1.29, 1.82) is 5.41 Å². The van der Waals surface area contributed by atoms with Gasteiger partial charge in [-0.3, -0.25) is 0 Å². The molecule has 0 bridgehead atoms. The van der Waals surface area contributed by atoms with E-state index in [4.69, 9.17) is 11.1 Å². The molecule has 3 N–H and O–H groups in total. The first kappa shape index (κ1) is 16.8. The van der Waals surface area contributed by atoms with Gasteiger partial charge in [-0.15, -0.1) is 0 Å². The second kappa shape index (κ2) is 6.81. The highest BCUT2D eigenvalue weighted by atomic mass is 15.1. The van der Waals surface area contributed by atoms with Crippen LogP contribution in [0, 0.1) is 12.3 Å². The molecule has 0 radical (unpaired) electrons. The summed E-state index contributed by atoms with van der Waals surface area (Å²) in [6.45, 7) is 2.13. The Labute approximate surface area is 149 Å². The molecule has 0 saturated carbocycles. The number of nitrogen functional groups attached to an aromatic ring is 1. The zero-order chi connectivity index (χ0) is 18.0. The van der Waals surface area contributed by atoms with E-state index >= 15 is 0 Å². The molecule has 3 heteroatoms. The van der Waals surface area contributed by atoms with Crippen molar-refractivity contribution in [1.82, 2.24) is 0 Å². The minimum atomic E-state index is 0.513. The lowest BCUT2D eigenvalue weighted by Gasteiger charge is -2.19. The van der Waals surface area contributed by atoms with E-state index < -0.39 is 0 Å². The molecular weight excluding hydrogens is 306 g/mol. The molecule has 0 heterocycles. The minimum Gasteiger partial charge on any atom is -0.399 e. The van der Waals surface area contributed by atoms with Crippen LogP contribution in [-0.4, -0.2) is 19.8 Å². The van der Waals surface area contributed by atoms with E-state index in [-0.39, 0.29) is 0 Å². The van der Waals surface area contributed by atoms with Crippen molar-refractivity contribution in [3.63, 3.8) is 0 Å². The molecule has 0 fully saturated rings. The zero-order valence-corrected chi connectivity index (χ0v) is 14.9. The predicted octanol–water partition coefficient (Wildman–Crippen LogP) is 4.59. The van der Waals surface area contributed by atoms with E-state index in [0.717, 1.165) is 28.0 Å².